The van der Waals surface area contributed by atoms with Crippen LogP contribution in [0.4, 0.5) is 10.5 Å². The molecule has 2 atom stereocenters. The number of carbonyl (C=O) groups excluding carboxylic acids is 1. The van der Waals surface area contributed by atoms with E-state index < -0.39 is 0 Å². The van der Waals surface area contributed by atoms with E-state index in [0.717, 1.165) is 18.8 Å². The number of anilines is 1. The fourth-order valence-electron chi connectivity index (χ4n) is 2.79. The van der Waals surface area contributed by atoms with E-state index in [1.165, 1.54) is 18.4 Å². The van der Waals surface area contributed by atoms with Gasteiger partial charge in [0.25, 0.3) is 0 Å². The molecule has 4 nitrogen and oxygen atoms in total. The zero-order valence-electron chi connectivity index (χ0n) is 10.1. The van der Waals surface area contributed by atoms with Crippen molar-refractivity contribution in [3.8, 4) is 0 Å². The lowest BCUT2D eigenvalue weighted by molar-refractivity contribution is 0.233. The summed E-state index contributed by atoms with van der Waals surface area (Å²) in [5, 5.41) is 9.32. The molecule has 2 aliphatic rings. The summed E-state index contributed by atoms with van der Waals surface area (Å²) in [5.41, 5.74) is 2.16. The molecule has 0 aromatic heterocycles. The van der Waals surface area contributed by atoms with Crippen LogP contribution in [0.3, 0.4) is 0 Å². The first kappa shape index (κ1) is 13.2. The lowest BCUT2D eigenvalue weighted by atomic mass is 9.86. The third kappa shape index (κ3) is 2.44. The van der Waals surface area contributed by atoms with E-state index in [4.69, 9.17) is 0 Å². The Labute approximate surface area is 113 Å². The average molecular weight is 268 g/mol. The van der Waals surface area contributed by atoms with Gasteiger partial charge in [-0.2, -0.15) is 0 Å². The van der Waals surface area contributed by atoms with Gasteiger partial charge in [-0.15, -0.1) is 12.4 Å². The van der Waals surface area contributed by atoms with Crippen LogP contribution in [0.15, 0.2) is 24.3 Å². The van der Waals surface area contributed by atoms with E-state index >= 15 is 0 Å². The Morgan fingerprint density at radius 2 is 2.06 bits per heavy atom. The molecule has 2 heterocycles. The highest BCUT2D eigenvalue weighted by Gasteiger charge is 2.31. The van der Waals surface area contributed by atoms with Gasteiger partial charge in [0.2, 0.25) is 0 Å². The number of amides is 2. The van der Waals surface area contributed by atoms with Crippen molar-refractivity contribution in [2.75, 3.05) is 18.4 Å². The lowest BCUT2D eigenvalue weighted by Gasteiger charge is -2.35. The van der Waals surface area contributed by atoms with Crippen molar-refractivity contribution in [3.05, 3.63) is 29.8 Å². The maximum atomic E-state index is 11.6. The third-order valence-electron chi connectivity index (χ3n) is 3.64. The van der Waals surface area contributed by atoms with Gasteiger partial charge in [0.1, 0.15) is 0 Å². The summed E-state index contributed by atoms with van der Waals surface area (Å²) < 4.78 is 0. The lowest BCUT2D eigenvalue weighted by Crippen LogP contribution is -2.45. The van der Waals surface area contributed by atoms with Gasteiger partial charge in [-0.3, -0.25) is 0 Å². The number of benzene rings is 1. The van der Waals surface area contributed by atoms with E-state index in [1.807, 2.05) is 18.2 Å². The average Bonchev–Trinajstić information content (AvgIpc) is 2.39. The smallest absolute Gasteiger partial charge is 0.319 e. The zero-order valence-corrected chi connectivity index (χ0v) is 10.9. The van der Waals surface area contributed by atoms with Gasteiger partial charge >= 0.3 is 6.03 Å². The highest BCUT2D eigenvalue weighted by Crippen LogP contribution is 2.34. The molecule has 2 unspecified atom stereocenters. The summed E-state index contributed by atoms with van der Waals surface area (Å²) in [6.07, 6.45) is 2.36. The van der Waals surface area contributed by atoms with Crippen molar-refractivity contribution in [1.82, 2.24) is 10.6 Å². The molecule has 1 aromatic carbocycles. The van der Waals surface area contributed by atoms with Crippen molar-refractivity contribution < 1.29 is 4.79 Å². The molecule has 18 heavy (non-hydrogen) atoms. The monoisotopic (exact) mass is 267 g/mol. The summed E-state index contributed by atoms with van der Waals surface area (Å²) in [6, 6.07) is 8.12. The van der Waals surface area contributed by atoms with E-state index in [9.17, 15) is 4.79 Å². The second-order valence-electron chi connectivity index (χ2n) is 4.77. The largest absolute Gasteiger partial charge is 0.331 e. The van der Waals surface area contributed by atoms with Crippen molar-refractivity contribution in [3.63, 3.8) is 0 Å². The van der Waals surface area contributed by atoms with Crippen LogP contribution in [-0.4, -0.2) is 19.1 Å². The highest BCUT2D eigenvalue weighted by molar-refractivity contribution is 5.93. The zero-order chi connectivity index (χ0) is 11.7. The Morgan fingerprint density at radius 3 is 2.83 bits per heavy atom. The second kappa shape index (κ2) is 5.59. The van der Waals surface area contributed by atoms with E-state index in [1.54, 1.807) is 0 Å². The van der Waals surface area contributed by atoms with Crippen molar-refractivity contribution in [1.29, 1.82) is 0 Å². The molecule has 0 spiro atoms. The Morgan fingerprint density at radius 1 is 1.22 bits per heavy atom. The van der Waals surface area contributed by atoms with Crippen LogP contribution in [-0.2, 0) is 0 Å². The normalized spacial score (nSPS) is 26.3. The molecule has 3 rings (SSSR count). The molecule has 2 amide bonds. The van der Waals surface area contributed by atoms with E-state index in [2.05, 4.69) is 22.0 Å². The maximum Gasteiger partial charge on any atom is 0.319 e. The molecule has 1 aromatic rings. The number of urea groups is 1. The summed E-state index contributed by atoms with van der Waals surface area (Å²) in [7, 11) is 0. The van der Waals surface area contributed by atoms with Gasteiger partial charge in [0.15, 0.2) is 0 Å². The van der Waals surface area contributed by atoms with Crippen LogP contribution < -0.4 is 16.0 Å². The Kier molecular flexibility index (Phi) is 4.09. The third-order valence-corrected chi connectivity index (χ3v) is 3.64. The quantitative estimate of drug-likeness (QED) is 0.731. The molecule has 2 aliphatic heterocycles. The number of nitrogens with one attached hydrogen (secondary N) is 3. The molecule has 1 saturated heterocycles. The highest BCUT2D eigenvalue weighted by atomic mass is 35.5. The van der Waals surface area contributed by atoms with Crippen LogP contribution in [0.5, 0.6) is 0 Å². The number of fused-ring (bicyclic) bond motifs is 1. The number of hydrogen-bond acceptors (Lipinski definition) is 2. The minimum atomic E-state index is -0.0840. The summed E-state index contributed by atoms with van der Waals surface area (Å²) in [4.78, 5) is 11.6. The van der Waals surface area contributed by atoms with Gasteiger partial charge in [-0.25, -0.2) is 4.79 Å². The molecule has 3 N–H and O–H groups in total. The fraction of sp³-hybridized carbons (Fsp3) is 0.462. The number of halogens is 1. The molecular formula is C13H18ClN3O. The number of rotatable bonds is 1. The van der Waals surface area contributed by atoms with Crippen molar-refractivity contribution in [2.24, 2.45) is 5.92 Å². The molecule has 0 aliphatic carbocycles. The van der Waals surface area contributed by atoms with Crippen LogP contribution in [0.25, 0.3) is 0 Å². The number of para-hydroxylation sites is 1. The minimum Gasteiger partial charge on any atom is -0.331 e. The maximum absolute atomic E-state index is 11.6. The van der Waals surface area contributed by atoms with Gasteiger partial charge in [0, 0.05) is 12.2 Å². The molecule has 0 bridgehead atoms. The molecule has 0 saturated carbocycles. The first-order valence-corrected chi connectivity index (χ1v) is 6.22. The molecule has 1 fully saturated rings. The number of piperidine rings is 1. The van der Waals surface area contributed by atoms with Gasteiger partial charge in [0.05, 0.1) is 6.04 Å². The van der Waals surface area contributed by atoms with Gasteiger partial charge in [-0.05, 0) is 36.9 Å². The standard InChI is InChI=1S/C13H17N3O.ClH/c17-13-15-11-6-2-1-5-10(11)12(16-13)9-4-3-7-14-8-9;/h1-2,5-6,9,12,14H,3-4,7-8H2,(H2,15,16,17);1H. The molecular weight excluding hydrogens is 250 g/mol. The van der Waals surface area contributed by atoms with E-state index in [-0.39, 0.29) is 24.5 Å². The van der Waals surface area contributed by atoms with E-state index in [0.29, 0.717) is 5.92 Å². The SMILES string of the molecule is Cl.O=C1Nc2ccccc2C(C2CCCNC2)N1. The second-order valence-corrected chi connectivity index (χ2v) is 4.77. The predicted octanol–water partition coefficient (Wildman–Crippen LogP) is 2.28. The summed E-state index contributed by atoms with van der Waals surface area (Å²) in [6.45, 7) is 2.08. The fourth-order valence-corrected chi connectivity index (χ4v) is 2.79. The van der Waals surface area contributed by atoms with Crippen molar-refractivity contribution in [2.45, 2.75) is 18.9 Å². The summed E-state index contributed by atoms with van der Waals surface area (Å²) >= 11 is 0. The molecule has 0 radical (unpaired) electrons. The number of carbonyl (C=O) groups is 1. The molecule has 5 heteroatoms. The Bertz CT molecular complexity index is 432. The number of hydrogen-bond donors (Lipinski definition) is 3. The summed E-state index contributed by atoms with van der Waals surface area (Å²) in [5.74, 6) is 0.496. The first-order chi connectivity index (χ1) is 8.34. The topological polar surface area (TPSA) is 53.2 Å². The van der Waals surface area contributed by atoms with Crippen LogP contribution in [0, 0.1) is 5.92 Å². The van der Waals surface area contributed by atoms with Crippen LogP contribution in [0.2, 0.25) is 0 Å². The van der Waals surface area contributed by atoms with Gasteiger partial charge < -0.3 is 16.0 Å². The van der Waals surface area contributed by atoms with Crippen molar-refractivity contribution >= 4 is 24.1 Å². The predicted molar refractivity (Wildman–Crippen MR) is 74.2 cm³/mol. The Hall–Kier alpha value is -1.26. The van der Waals surface area contributed by atoms with Crippen LogP contribution >= 0.6 is 12.4 Å². The first-order valence-electron chi connectivity index (χ1n) is 6.22. The molecule has 98 valence electrons. The van der Waals surface area contributed by atoms with Gasteiger partial charge in [-0.1, -0.05) is 18.2 Å². The van der Waals surface area contributed by atoms with Crippen LogP contribution in [0.1, 0.15) is 24.4 Å². The Balaban J connectivity index is 0.00000120. The minimum absolute atomic E-state index is 0.